The van der Waals surface area contributed by atoms with E-state index in [0.717, 1.165) is 43.1 Å². The number of hydrogen-bond acceptors (Lipinski definition) is 2. The van der Waals surface area contributed by atoms with E-state index < -0.39 is 0 Å². The monoisotopic (exact) mass is 550 g/mol. The summed E-state index contributed by atoms with van der Waals surface area (Å²) in [6.45, 7) is 0. The quantitative estimate of drug-likeness (QED) is 0.155. The SMILES string of the molecule is C.Fc1c[c-]c2c(c1)c1ccccc1n1c2nc2c3ccccc3sc21.[Ir]. The Kier molecular flexibility index (Phi) is 4.26. The Morgan fingerprint density at radius 2 is 1.70 bits per heavy atom. The molecule has 2 nitrogen and oxygen atoms in total. The topological polar surface area (TPSA) is 17.3 Å². The van der Waals surface area contributed by atoms with Crippen molar-refractivity contribution in [2.45, 2.75) is 7.43 Å². The molecule has 3 aromatic carbocycles. The molecule has 6 aromatic rings. The molecular formula is C22H14FIrN2S-. The fourth-order valence-electron chi connectivity index (χ4n) is 3.69. The van der Waals surface area contributed by atoms with E-state index in [2.05, 4.69) is 34.7 Å². The van der Waals surface area contributed by atoms with Crippen LogP contribution in [0.2, 0.25) is 0 Å². The molecule has 0 atom stereocenters. The number of rotatable bonds is 0. The number of fused-ring (bicyclic) bond motifs is 10. The number of hydrogen-bond donors (Lipinski definition) is 0. The van der Waals surface area contributed by atoms with Gasteiger partial charge in [-0.3, -0.25) is 9.37 Å². The van der Waals surface area contributed by atoms with Crippen molar-refractivity contribution in [3.8, 4) is 0 Å². The van der Waals surface area contributed by atoms with Gasteiger partial charge in [-0.15, -0.1) is 29.5 Å². The molecule has 0 fully saturated rings. The predicted octanol–water partition coefficient (Wildman–Crippen LogP) is 6.58. The van der Waals surface area contributed by atoms with Crippen molar-refractivity contribution in [2.75, 3.05) is 0 Å². The van der Waals surface area contributed by atoms with Gasteiger partial charge in [-0.2, -0.15) is 0 Å². The summed E-state index contributed by atoms with van der Waals surface area (Å²) in [6, 6.07) is 22.5. The van der Waals surface area contributed by atoms with Crippen molar-refractivity contribution < 1.29 is 24.5 Å². The Bertz CT molecular complexity index is 1470. The van der Waals surface area contributed by atoms with Gasteiger partial charge in [-0.1, -0.05) is 54.6 Å². The van der Waals surface area contributed by atoms with Crippen molar-refractivity contribution in [3.05, 3.63) is 72.5 Å². The molecular weight excluding hydrogens is 536 g/mol. The van der Waals surface area contributed by atoms with E-state index in [9.17, 15) is 4.39 Å². The van der Waals surface area contributed by atoms with Crippen LogP contribution in [0.5, 0.6) is 0 Å². The second-order valence-electron chi connectivity index (χ2n) is 6.15. The van der Waals surface area contributed by atoms with Gasteiger partial charge in [0.1, 0.15) is 4.83 Å². The van der Waals surface area contributed by atoms with Crippen LogP contribution >= 0.6 is 11.3 Å². The summed E-state index contributed by atoms with van der Waals surface area (Å²) in [4.78, 5) is 6.05. The zero-order valence-corrected chi connectivity index (χ0v) is 16.5. The van der Waals surface area contributed by atoms with Gasteiger partial charge in [0.25, 0.3) is 0 Å². The molecule has 3 aromatic heterocycles. The molecule has 27 heavy (non-hydrogen) atoms. The van der Waals surface area contributed by atoms with Gasteiger partial charge in [-0.25, -0.2) is 0 Å². The Labute approximate surface area is 172 Å². The first kappa shape index (κ1) is 18.1. The van der Waals surface area contributed by atoms with Gasteiger partial charge in [-0.05, 0) is 17.5 Å². The molecule has 0 spiro atoms. The van der Waals surface area contributed by atoms with E-state index >= 15 is 0 Å². The van der Waals surface area contributed by atoms with Crippen molar-refractivity contribution in [1.82, 2.24) is 9.38 Å². The third-order valence-electron chi connectivity index (χ3n) is 4.75. The molecule has 0 aliphatic carbocycles. The van der Waals surface area contributed by atoms with Crippen LogP contribution in [0.3, 0.4) is 0 Å². The van der Waals surface area contributed by atoms with Gasteiger partial charge < -0.3 is 4.40 Å². The summed E-state index contributed by atoms with van der Waals surface area (Å²) in [6.07, 6.45) is 0. The zero-order valence-electron chi connectivity index (χ0n) is 13.3. The van der Waals surface area contributed by atoms with Crippen LogP contribution < -0.4 is 0 Å². The van der Waals surface area contributed by atoms with Crippen molar-refractivity contribution in [3.63, 3.8) is 0 Å². The summed E-state index contributed by atoms with van der Waals surface area (Å²) in [5, 5.41) is 3.88. The molecule has 1 radical (unpaired) electrons. The van der Waals surface area contributed by atoms with Crippen LogP contribution in [0.15, 0.2) is 60.7 Å². The smallest absolute Gasteiger partial charge is 0.119 e. The van der Waals surface area contributed by atoms with E-state index in [1.807, 2.05) is 24.3 Å². The van der Waals surface area contributed by atoms with Gasteiger partial charge in [0.05, 0.1) is 11.2 Å². The fourth-order valence-corrected chi connectivity index (χ4v) is 4.84. The summed E-state index contributed by atoms with van der Waals surface area (Å²) in [5.41, 5.74) is 2.87. The van der Waals surface area contributed by atoms with E-state index in [4.69, 9.17) is 4.98 Å². The summed E-state index contributed by atoms with van der Waals surface area (Å²) in [5.74, 6) is -0.277. The van der Waals surface area contributed by atoms with E-state index in [0.29, 0.717) is 0 Å². The van der Waals surface area contributed by atoms with Crippen LogP contribution in [0.1, 0.15) is 7.43 Å². The maximum Gasteiger partial charge on any atom is 0.119 e. The minimum Gasteiger partial charge on any atom is -0.325 e. The van der Waals surface area contributed by atoms with E-state index in [-0.39, 0.29) is 33.3 Å². The minimum absolute atomic E-state index is 0. The third-order valence-corrected chi connectivity index (χ3v) is 5.89. The Hall–Kier alpha value is -2.33. The number of halogens is 1. The van der Waals surface area contributed by atoms with Crippen molar-refractivity contribution >= 4 is 59.1 Å². The van der Waals surface area contributed by atoms with Crippen LogP contribution in [0.25, 0.3) is 47.8 Å². The zero-order chi connectivity index (χ0) is 16.5. The molecule has 3 heterocycles. The molecule has 0 saturated carbocycles. The van der Waals surface area contributed by atoms with Crippen molar-refractivity contribution in [1.29, 1.82) is 0 Å². The number of pyridine rings is 1. The van der Waals surface area contributed by atoms with E-state index in [1.165, 1.54) is 10.8 Å². The van der Waals surface area contributed by atoms with Crippen LogP contribution in [0.4, 0.5) is 4.39 Å². The second-order valence-corrected chi connectivity index (χ2v) is 7.18. The number of benzene rings is 3. The minimum atomic E-state index is -0.277. The fraction of sp³-hybridized carbons (Fsp3) is 0.0455. The molecule has 0 unspecified atom stereocenters. The average Bonchev–Trinajstić information content (AvgIpc) is 3.18. The summed E-state index contributed by atoms with van der Waals surface area (Å²) < 4.78 is 17.3. The van der Waals surface area contributed by atoms with Crippen LogP contribution in [-0.4, -0.2) is 9.38 Å². The maximum absolute atomic E-state index is 13.9. The first-order valence-corrected chi connectivity index (χ1v) is 8.84. The Balaban J connectivity index is 0.000000900. The second kappa shape index (κ2) is 6.38. The molecule has 6 rings (SSSR count). The van der Waals surface area contributed by atoms with Crippen LogP contribution in [0, 0.1) is 11.9 Å². The molecule has 0 aliphatic heterocycles. The summed E-state index contributed by atoms with van der Waals surface area (Å²) in [7, 11) is 0. The molecule has 0 saturated heterocycles. The third kappa shape index (κ3) is 2.36. The maximum atomic E-state index is 13.9. The van der Waals surface area contributed by atoms with E-state index in [1.54, 1.807) is 17.4 Å². The number of aromatic nitrogens is 2. The largest absolute Gasteiger partial charge is 0.325 e. The number of nitrogens with zero attached hydrogens (tertiary/aromatic N) is 2. The summed E-state index contributed by atoms with van der Waals surface area (Å²) >= 11 is 1.74. The number of thiophene rings is 1. The number of imidazole rings is 1. The molecule has 0 amide bonds. The molecule has 0 aliphatic rings. The molecule has 5 heteroatoms. The normalized spacial score (nSPS) is 11.3. The van der Waals surface area contributed by atoms with Gasteiger partial charge in [0, 0.05) is 41.5 Å². The Morgan fingerprint density at radius 3 is 2.56 bits per heavy atom. The first-order chi connectivity index (χ1) is 12.3. The number of para-hydroxylation sites is 1. The molecule has 0 bridgehead atoms. The van der Waals surface area contributed by atoms with Gasteiger partial charge in [0.2, 0.25) is 0 Å². The molecule has 135 valence electrons. The van der Waals surface area contributed by atoms with Gasteiger partial charge >= 0.3 is 0 Å². The van der Waals surface area contributed by atoms with Gasteiger partial charge in [0.15, 0.2) is 0 Å². The molecule has 0 N–H and O–H groups in total. The standard InChI is InChI=1S/C21H10FN2S.CH4.Ir/c22-12-9-10-14-16(11-12)13-5-1-3-7-17(13)24-20(14)23-19-15-6-2-4-8-18(15)25-21(19)24;;/h1-9,11H;1H4;/q-1;;. The first-order valence-electron chi connectivity index (χ1n) is 8.02. The average molecular weight is 550 g/mol. The predicted molar refractivity (Wildman–Crippen MR) is 109 cm³/mol. The Morgan fingerprint density at radius 1 is 0.963 bits per heavy atom. The van der Waals surface area contributed by atoms with Crippen molar-refractivity contribution in [2.24, 2.45) is 0 Å². The van der Waals surface area contributed by atoms with Crippen LogP contribution in [-0.2, 0) is 20.1 Å².